The van der Waals surface area contributed by atoms with Crippen molar-refractivity contribution in [3.8, 4) is 6.07 Å². The highest BCUT2D eigenvalue weighted by molar-refractivity contribution is 14.1. The minimum Gasteiger partial charge on any atom is -0.392 e. The molecule has 70 valence electrons. The van der Waals surface area contributed by atoms with Crippen LogP contribution in [0.5, 0.6) is 0 Å². The number of aliphatic hydroxyl groups excluding tert-OH is 1. The highest BCUT2D eigenvalue weighted by Gasteiger charge is 2.10. The molecule has 0 aliphatic rings. The Balaban J connectivity index is 2.89. The SMILES string of the molecule is N#Cc1cc(CO)c2sccc2c1I. The molecule has 1 N–H and O–H groups in total. The number of halogens is 1. The summed E-state index contributed by atoms with van der Waals surface area (Å²) in [5.74, 6) is 0. The van der Waals surface area contributed by atoms with Gasteiger partial charge in [0, 0.05) is 13.7 Å². The third-order valence-corrected chi connectivity index (χ3v) is 4.19. The molecule has 0 radical (unpaired) electrons. The van der Waals surface area contributed by atoms with Gasteiger partial charge < -0.3 is 5.11 Å². The second-order valence-corrected chi connectivity index (χ2v) is 4.83. The molecule has 0 fully saturated rings. The van der Waals surface area contributed by atoms with E-state index < -0.39 is 0 Å². The minimum absolute atomic E-state index is 0.0113. The molecule has 1 aromatic carbocycles. The summed E-state index contributed by atoms with van der Waals surface area (Å²) in [7, 11) is 0. The number of hydrogen-bond acceptors (Lipinski definition) is 3. The quantitative estimate of drug-likeness (QED) is 0.823. The molecule has 0 unspecified atom stereocenters. The maximum absolute atomic E-state index is 9.16. The van der Waals surface area contributed by atoms with Crippen molar-refractivity contribution in [3.63, 3.8) is 0 Å². The highest BCUT2D eigenvalue weighted by Crippen LogP contribution is 2.31. The van der Waals surface area contributed by atoms with Crippen molar-refractivity contribution in [2.45, 2.75) is 6.61 Å². The Morgan fingerprint density at radius 2 is 2.36 bits per heavy atom. The fourth-order valence-electron chi connectivity index (χ4n) is 1.38. The predicted octanol–water partition coefficient (Wildman–Crippen LogP) is 2.87. The molecule has 4 heteroatoms. The molecule has 0 bridgehead atoms. The summed E-state index contributed by atoms with van der Waals surface area (Å²) in [6.07, 6.45) is 0. The Hall–Kier alpha value is -0.640. The first kappa shape index (κ1) is 9.90. The molecular formula is C10H6INOS. The van der Waals surface area contributed by atoms with Crippen LogP contribution in [-0.4, -0.2) is 5.11 Å². The first-order valence-corrected chi connectivity index (χ1v) is 5.93. The lowest BCUT2D eigenvalue weighted by atomic mass is 10.1. The number of hydrogen-bond donors (Lipinski definition) is 1. The molecule has 0 amide bonds. The summed E-state index contributed by atoms with van der Waals surface area (Å²) in [6, 6.07) is 5.89. The Labute approximate surface area is 98.9 Å². The lowest BCUT2D eigenvalue weighted by Crippen LogP contribution is -1.89. The number of fused-ring (bicyclic) bond motifs is 1. The Bertz CT molecular complexity index is 527. The van der Waals surface area contributed by atoms with E-state index in [-0.39, 0.29) is 6.61 Å². The number of thiophene rings is 1. The fourth-order valence-corrected chi connectivity index (χ4v) is 3.20. The van der Waals surface area contributed by atoms with Crippen molar-refractivity contribution in [1.29, 1.82) is 5.26 Å². The predicted molar refractivity (Wildman–Crippen MR) is 65.2 cm³/mol. The van der Waals surface area contributed by atoms with E-state index in [1.165, 1.54) is 0 Å². The lowest BCUT2D eigenvalue weighted by Gasteiger charge is -2.02. The maximum Gasteiger partial charge on any atom is 0.100 e. The summed E-state index contributed by atoms with van der Waals surface area (Å²) >= 11 is 3.77. The molecule has 2 aromatic rings. The number of rotatable bonds is 1. The smallest absolute Gasteiger partial charge is 0.100 e. The number of aliphatic hydroxyl groups is 1. The summed E-state index contributed by atoms with van der Waals surface area (Å²) in [6.45, 7) is -0.0113. The van der Waals surface area contributed by atoms with Gasteiger partial charge in [-0.2, -0.15) is 5.26 Å². The monoisotopic (exact) mass is 315 g/mol. The zero-order valence-electron chi connectivity index (χ0n) is 7.12. The van der Waals surface area contributed by atoms with Crippen LogP contribution in [0.25, 0.3) is 10.1 Å². The number of benzene rings is 1. The van der Waals surface area contributed by atoms with Gasteiger partial charge in [-0.25, -0.2) is 0 Å². The normalized spacial score (nSPS) is 10.4. The van der Waals surface area contributed by atoms with E-state index in [4.69, 9.17) is 10.4 Å². The van der Waals surface area contributed by atoms with Crippen LogP contribution in [0.1, 0.15) is 11.1 Å². The second kappa shape index (κ2) is 3.85. The molecule has 14 heavy (non-hydrogen) atoms. The van der Waals surface area contributed by atoms with Gasteiger partial charge in [-0.1, -0.05) is 0 Å². The van der Waals surface area contributed by atoms with Gasteiger partial charge in [-0.05, 0) is 45.7 Å². The van der Waals surface area contributed by atoms with Crippen LogP contribution >= 0.6 is 33.9 Å². The van der Waals surface area contributed by atoms with Crippen molar-refractivity contribution >= 4 is 44.0 Å². The molecule has 2 rings (SSSR count). The van der Waals surface area contributed by atoms with E-state index in [2.05, 4.69) is 28.7 Å². The van der Waals surface area contributed by atoms with Crippen molar-refractivity contribution in [2.24, 2.45) is 0 Å². The van der Waals surface area contributed by atoms with Gasteiger partial charge in [0.05, 0.1) is 12.2 Å². The fraction of sp³-hybridized carbons (Fsp3) is 0.100. The van der Waals surface area contributed by atoms with Crippen LogP contribution in [0.15, 0.2) is 17.5 Å². The third-order valence-electron chi connectivity index (χ3n) is 2.04. The molecule has 1 heterocycles. The van der Waals surface area contributed by atoms with Gasteiger partial charge in [0.1, 0.15) is 6.07 Å². The summed E-state index contributed by atoms with van der Waals surface area (Å²) in [5.41, 5.74) is 1.48. The average molecular weight is 315 g/mol. The van der Waals surface area contributed by atoms with E-state index in [1.807, 2.05) is 11.4 Å². The van der Waals surface area contributed by atoms with Gasteiger partial charge in [0.2, 0.25) is 0 Å². The maximum atomic E-state index is 9.16. The number of nitriles is 1. The largest absolute Gasteiger partial charge is 0.392 e. The van der Waals surface area contributed by atoms with Crippen LogP contribution < -0.4 is 0 Å². The molecule has 1 aromatic heterocycles. The zero-order chi connectivity index (χ0) is 10.1. The van der Waals surface area contributed by atoms with Crippen LogP contribution in [0, 0.1) is 14.9 Å². The molecule has 0 atom stereocenters. The van der Waals surface area contributed by atoms with E-state index in [1.54, 1.807) is 17.4 Å². The molecule has 0 aliphatic carbocycles. The van der Waals surface area contributed by atoms with Gasteiger partial charge in [0.15, 0.2) is 0 Å². The van der Waals surface area contributed by atoms with E-state index in [0.717, 1.165) is 19.2 Å². The average Bonchev–Trinajstić information content (AvgIpc) is 2.68. The zero-order valence-corrected chi connectivity index (χ0v) is 10.1. The van der Waals surface area contributed by atoms with Gasteiger partial charge >= 0.3 is 0 Å². The van der Waals surface area contributed by atoms with Crippen LogP contribution in [0.2, 0.25) is 0 Å². The standard InChI is InChI=1S/C10H6INOS/c11-9-6(4-12)3-7(5-13)10-8(9)1-2-14-10/h1-3,13H,5H2. The second-order valence-electron chi connectivity index (χ2n) is 2.83. The Kier molecular flexibility index (Phi) is 2.72. The molecule has 0 aliphatic heterocycles. The summed E-state index contributed by atoms with van der Waals surface area (Å²) in [5, 5.41) is 21.1. The topological polar surface area (TPSA) is 44.0 Å². The summed E-state index contributed by atoms with van der Waals surface area (Å²) < 4.78 is 2.05. The minimum atomic E-state index is -0.0113. The van der Waals surface area contributed by atoms with Gasteiger partial charge in [-0.15, -0.1) is 11.3 Å². The van der Waals surface area contributed by atoms with Crippen LogP contribution in [0.4, 0.5) is 0 Å². The van der Waals surface area contributed by atoms with Crippen molar-refractivity contribution < 1.29 is 5.11 Å². The molecule has 0 saturated carbocycles. The molecule has 0 spiro atoms. The van der Waals surface area contributed by atoms with Crippen molar-refractivity contribution in [1.82, 2.24) is 0 Å². The van der Waals surface area contributed by atoms with E-state index in [0.29, 0.717) is 5.56 Å². The lowest BCUT2D eigenvalue weighted by molar-refractivity contribution is 0.283. The third kappa shape index (κ3) is 1.41. The molecular weight excluding hydrogens is 309 g/mol. The van der Waals surface area contributed by atoms with Crippen LogP contribution in [-0.2, 0) is 6.61 Å². The van der Waals surface area contributed by atoms with Crippen molar-refractivity contribution in [2.75, 3.05) is 0 Å². The van der Waals surface area contributed by atoms with Crippen molar-refractivity contribution in [3.05, 3.63) is 32.2 Å². The number of nitrogens with zero attached hydrogens (tertiary/aromatic N) is 1. The molecule has 0 saturated heterocycles. The van der Waals surface area contributed by atoms with E-state index in [9.17, 15) is 0 Å². The van der Waals surface area contributed by atoms with E-state index >= 15 is 0 Å². The highest BCUT2D eigenvalue weighted by atomic mass is 127. The van der Waals surface area contributed by atoms with Gasteiger partial charge in [0.25, 0.3) is 0 Å². The summed E-state index contributed by atoms with van der Waals surface area (Å²) in [4.78, 5) is 0. The first-order valence-electron chi connectivity index (χ1n) is 3.97. The first-order chi connectivity index (χ1) is 6.77. The van der Waals surface area contributed by atoms with Gasteiger partial charge in [-0.3, -0.25) is 0 Å². The Morgan fingerprint density at radius 3 is 3.00 bits per heavy atom. The Morgan fingerprint density at radius 1 is 1.57 bits per heavy atom. The van der Waals surface area contributed by atoms with Crippen LogP contribution in [0.3, 0.4) is 0 Å². The molecule has 2 nitrogen and oxygen atoms in total.